The maximum absolute atomic E-state index is 13.1. The Morgan fingerprint density at radius 3 is 2.30 bits per heavy atom. The molecule has 0 radical (unpaired) electrons. The van der Waals surface area contributed by atoms with Gasteiger partial charge in [-0.3, -0.25) is 9.59 Å². The minimum Gasteiger partial charge on any atom is -0.483 e. The molecule has 0 saturated heterocycles. The number of benzene rings is 2. The van der Waals surface area contributed by atoms with E-state index in [4.69, 9.17) is 27.9 Å². The van der Waals surface area contributed by atoms with Crippen LogP contribution in [0.5, 0.6) is 5.75 Å². The molecule has 2 rings (SSSR count). The molecule has 5 nitrogen and oxygen atoms in total. The predicted molar refractivity (Wildman–Crippen MR) is 124 cm³/mol. The van der Waals surface area contributed by atoms with Crippen LogP contribution in [0.2, 0.25) is 10.0 Å². The monoisotopic (exact) mass is 514 g/mol. The van der Waals surface area contributed by atoms with E-state index in [0.717, 1.165) is 5.56 Å². The molecular weight excluding hydrogens is 491 g/mol. The smallest absolute Gasteiger partial charge is 0.261 e. The summed E-state index contributed by atoms with van der Waals surface area (Å²) in [5, 5.41) is 4.06. The molecule has 0 saturated carbocycles. The van der Waals surface area contributed by atoms with Crippen LogP contribution in [0.1, 0.15) is 32.8 Å². The van der Waals surface area contributed by atoms with Gasteiger partial charge in [0, 0.05) is 22.6 Å². The molecule has 2 amide bonds. The van der Waals surface area contributed by atoms with Gasteiger partial charge in [-0.25, -0.2) is 0 Å². The lowest BCUT2D eigenvalue weighted by molar-refractivity contribution is -0.143. The van der Waals surface area contributed by atoms with Crippen molar-refractivity contribution < 1.29 is 14.3 Å². The number of carbonyl (C=O) groups excluding carboxylic acids is 2. The maximum atomic E-state index is 13.1. The second-order valence-electron chi connectivity index (χ2n) is 7.10. The number of halogens is 3. The van der Waals surface area contributed by atoms with Crippen LogP contribution in [0.15, 0.2) is 46.9 Å². The average molecular weight is 516 g/mol. The van der Waals surface area contributed by atoms with Crippen LogP contribution in [0.4, 0.5) is 0 Å². The third kappa shape index (κ3) is 7.18. The Bertz CT molecular complexity index is 875. The first kappa shape index (κ1) is 24.5. The summed E-state index contributed by atoms with van der Waals surface area (Å²) in [5.74, 6) is 0.0129. The van der Waals surface area contributed by atoms with Crippen molar-refractivity contribution in [2.75, 3.05) is 6.61 Å². The highest BCUT2D eigenvalue weighted by Crippen LogP contribution is 2.28. The first-order chi connectivity index (χ1) is 14.2. The summed E-state index contributed by atoms with van der Waals surface area (Å²) >= 11 is 15.3. The Labute approximate surface area is 195 Å². The van der Waals surface area contributed by atoms with Gasteiger partial charge < -0.3 is 15.0 Å². The number of amides is 2. The minimum atomic E-state index is -0.618. The molecule has 2 aromatic rings. The van der Waals surface area contributed by atoms with Crippen molar-refractivity contribution in [3.05, 3.63) is 62.5 Å². The fraction of sp³-hybridized carbons (Fsp3) is 0.364. The molecule has 0 unspecified atom stereocenters. The first-order valence-corrected chi connectivity index (χ1v) is 11.2. The molecule has 1 N–H and O–H groups in total. The standard InChI is InChI=1S/C22H25BrCl2N2O3/c1-4-19(22(29)26-14(2)3)27(12-15-5-7-16(24)8-6-15)21(28)13-30-20-10-9-17(25)11-18(20)23/h5-11,14,19H,4,12-13H2,1-3H3,(H,26,29)/t19-/m1/s1. The van der Waals surface area contributed by atoms with Crippen LogP contribution >= 0.6 is 39.1 Å². The Hall–Kier alpha value is -1.76. The fourth-order valence-corrected chi connectivity index (χ4v) is 3.82. The van der Waals surface area contributed by atoms with Crippen LogP contribution in [0.3, 0.4) is 0 Å². The molecule has 0 bridgehead atoms. The Morgan fingerprint density at radius 2 is 1.73 bits per heavy atom. The Kier molecular flexibility index (Phi) is 9.46. The summed E-state index contributed by atoms with van der Waals surface area (Å²) in [5.41, 5.74) is 0.872. The lowest BCUT2D eigenvalue weighted by Gasteiger charge is -2.31. The molecule has 2 aromatic carbocycles. The van der Waals surface area contributed by atoms with E-state index >= 15 is 0 Å². The van der Waals surface area contributed by atoms with Crippen LogP contribution in [0.25, 0.3) is 0 Å². The number of rotatable bonds is 9. The van der Waals surface area contributed by atoms with Crippen LogP contribution in [0, 0.1) is 0 Å². The highest BCUT2D eigenvalue weighted by Gasteiger charge is 2.29. The normalized spacial score (nSPS) is 11.8. The average Bonchev–Trinajstić information content (AvgIpc) is 2.68. The van der Waals surface area contributed by atoms with Crippen molar-refractivity contribution in [3.63, 3.8) is 0 Å². The lowest BCUT2D eigenvalue weighted by Crippen LogP contribution is -2.51. The molecule has 1 atom stereocenters. The summed E-state index contributed by atoms with van der Waals surface area (Å²) in [4.78, 5) is 27.4. The van der Waals surface area contributed by atoms with E-state index in [1.54, 1.807) is 35.2 Å². The van der Waals surface area contributed by atoms with Gasteiger partial charge in [-0.15, -0.1) is 0 Å². The van der Waals surface area contributed by atoms with E-state index in [2.05, 4.69) is 21.2 Å². The van der Waals surface area contributed by atoms with Gasteiger partial charge in [-0.2, -0.15) is 0 Å². The van der Waals surface area contributed by atoms with Gasteiger partial charge in [0.05, 0.1) is 4.47 Å². The van der Waals surface area contributed by atoms with E-state index in [-0.39, 0.29) is 31.0 Å². The number of ether oxygens (including phenoxy) is 1. The molecule has 8 heteroatoms. The zero-order valence-electron chi connectivity index (χ0n) is 17.1. The van der Waals surface area contributed by atoms with Crippen molar-refractivity contribution in [2.45, 2.75) is 45.8 Å². The quantitative estimate of drug-likeness (QED) is 0.482. The van der Waals surface area contributed by atoms with Crippen molar-refractivity contribution in [1.29, 1.82) is 0 Å². The van der Waals surface area contributed by atoms with Crippen LogP contribution in [-0.4, -0.2) is 35.4 Å². The largest absolute Gasteiger partial charge is 0.483 e. The van der Waals surface area contributed by atoms with E-state index in [9.17, 15) is 9.59 Å². The second kappa shape index (κ2) is 11.6. The number of carbonyl (C=O) groups is 2. The van der Waals surface area contributed by atoms with Gasteiger partial charge in [0.15, 0.2) is 6.61 Å². The van der Waals surface area contributed by atoms with Crippen LogP contribution in [-0.2, 0) is 16.1 Å². The van der Waals surface area contributed by atoms with Gasteiger partial charge in [-0.05, 0) is 72.1 Å². The molecule has 0 aliphatic carbocycles. The van der Waals surface area contributed by atoms with Gasteiger partial charge in [0.25, 0.3) is 5.91 Å². The molecule has 0 heterocycles. The summed E-state index contributed by atoms with van der Waals surface area (Å²) in [6, 6.07) is 11.6. The van der Waals surface area contributed by atoms with Gasteiger partial charge in [0.1, 0.15) is 11.8 Å². The lowest BCUT2D eigenvalue weighted by atomic mass is 10.1. The second-order valence-corrected chi connectivity index (χ2v) is 8.83. The number of hydrogen-bond acceptors (Lipinski definition) is 3. The minimum absolute atomic E-state index is 0.0275. The molecule has 30 heavy (non-hydrogen) atoms. The van der Waals surface area contributed by atoms with E-state index < -0.39 is 6.04 Å². The van der Waals surface area contributed by atoms with Gasteiger partial charge in [0.2, 0.25) is 5.91 Å². The third-order valence-electron chi connectivity index (χ3n) is 4.33. The zero-order valence-corrected chi connectivity index (χ0v) is 20.2. The molecule has 0 aliphatic rings. The van der Waals surface area contributed by atoms with E-state index in [1.165, 1.54) is 0 Å². The Morgan fingerprint density at radius 1 is 1.10 bits per heavy atom. The number of nitrogens with one attached hydrogen (secondary N) is 1. The molecule has 0 aliphatic heterocycles. The highest BCUT2D eigenvalue weighted by atomic mass is 79.9. The van der Waals surface area contributed by atoms with E-state index in [0.29, 0.717) is 26.7 Å². The van der Waals surface area contributed by atoms with Gasteiger partial charge in [-0.1, -0.05) is 42.3 Å². The topological polar surface area (TPSA) is 58.6 Å². The third-order valence-corrected chi connectivity index (χ3v) is 5.43. The van der Waals surface area contributed by atoms with Crippen molar-refractivity contribution in [1.82, 2.24) is 10.2 Å². The summed E-state index contributed by atoms with van der Waals surface area (Å²) in [6.07, 6.45) is 0.475. The van der Waals surface area contributed by atoms with Gasteiger partial charge >= 0.3 is 0 Å². The maximum Gasteiger partial charge on any atom is 0.261 e. The fourth-order valence-electron chi connectivity index (χ4n) is 2.90. The van der Waals surface area contributed by atoms with Crippen molar-refractivity contribution >= 4 is 50.9 Å². The molecule has 162 valence electrons. The Balaban J connectivity index is 2.22. The molecule has 0 spiro atoms. The molecule has 0 aromatic heterocycles. The van der Waals surface area contributed by atoms with Crippen molar-refractivity contribution in [3.8, 4) is 5.75 Å². The molecule has 0 fully saturated rings. The van der Waals surface area contributed by atoms with Crippen molar-refractivity contribution in [2.24, 2.45) is 0 Å². The summed E-state index contributed by atoms with van der Waals surface area (Å²) in [7, 11) is 0. The highest BCUT2D eigenvalue weighted by molar-refractivity contribution is 9.10. The predicted octanol–water partition coefficient (Wildman–Crippen LogP) is 5.47. The van der Waals surface area contributed by atoms with E-state index in [1.807, 2.05) is 32.9 Å². The zero-order chi connectivity index (χ0) is 22.3. The first-order valence-electron chi connectivity index (χ1n) is 9.63. The SMILES string of the molecule is CC[C@H](C(=O)NC(C)C)N(Cc1ccc(Cl)cc1)C(=O)COc1ccc(Cl)cc1Br. The molecular formula is C22H25BrCl2N2O3. The summed E-state index contributed by atoms with van der Waals surface area (Å²) in [6.45, 7) is 5.71. The number of hydrogen-bond donors (Lipinski definition) is 1. The summed E-state index contributed by atoms with van der Waals surface area (Å²) < 4.78 is 6.35. The number of nitrogens with zero attached hydrogens (tertiary/aromatic N) is 1. The van der Waals surface area contributed by atoms with Crippen LogP contribution < -0.4 is 10.1 Å².